The van der Waals surface area contributed by atoms with Crippen LogP contribution in [-0.2, 0) is 11.3 Å². The second-order valence-electron chi connectivity index (χ2n) is 5.49. The molecule has 0 fully saturated rings. The van der Waals surface area contributed by atoms with E-state index in [0.717, 1.165) is 51.3 Å². The van der Waals surface area contributed by atoms with Gasteiger partial charge in [0.15, 0.2) is 0 Å². The minimum absolute atomic E-state index is 0.783. The molecule has 2 aromatic carbocycles. The van der Waals surface area contributed by atoms with Crippen LogP contribution in [0, 0.1) is 0 Å². The first kappa shape index (κ1) is 16.8. The van der Waals surface area contributed by atoms with Gasteiger partial charge in [0.2, 0.25) is 0 Å². The minimum Gasteiger partial charge on any atom is -0.493 e. The van der Waals surface area contributed by atoms with Gasteiger partial charge >= 0.3 is 0 Å². The van der Waals surface area contributed by atoms with Crippen LogP contribution in [0.5, 0.6) is 5.75 Å². The van der Waals surface area contributed by atoms with E-state index in [-0.39, 0.29) is 0 Å². The summed E-state index contributed by atoms with van der Waals surface area (Å²) < 4.78 is 11.1. The van der Waals surface area contributed by atoms with Crippen LogP contribution in [0.3, 0.4) is 0 Å². The number of hydrogen-bond donors (Lipinski definition) is 1. The van der Waals surface area contributed by atoms with Gasteiger partial charge in [0, 0.05) is 25.8 Å². The van der Waals surface area contributed by atoms with E-state index in [2.05, 4.69) is 48.6 Å². The topological polar surface area (TPSA) is 30.5 Å². The fourth-order valence-electron chi connectivity index (χ4n) is 2.51. The third kappa shape index (κ3) is 4.72. The lowest BCUT2D eigenvalue weighted by atomic mass is 10.0. The second-order valence-corrected chi connectivity index (χ2v) is 5.49. The van der Waals surface area contributed by atoms with Crippen LogP contribution in [0.1, 0.15) is 31.7 Å². The van der Waals surface area contributed by atoms with E-state index in [1.54, 1.807) is 7.11 Å². The lowest BCUT2D eigenvalue weighted by Crippen LogP contribution is -2.17. The summed E-state index contributed by atoms with van der Waals surface area (Å²) in [7, 11) is 1.74. The lowest BCUT2D eigenvalue weighted by Gasteiger charge is -2.15. The molecule has 0 amide bonds. The summed E-state index contributed by atoms with van der Waals surface area (Å²) in [5.41, 5.74) is 1.26. The minimum atomic E-state index is 0.783. The van der Waals surface area contributed by atoms with Crippen molar-refractivity contribution in [2.75, 3.05) is 26.9 Å². The number of nitrogens with one attached hydrogen (secondary N) is 1. The van der Waals surface area contributed by atoms with Gasteiger partial charge in [-0.1, -0.05) is 43.7 Å². The maximum atomic E-state index is 6.00. The SMILES string of the molecule is CCCCOc1ccc2ccccc2c1CNCCCOC. The number of hydrogen-bond acceptors (Lipinski definition) is 3. The monoisotopic (exact) mass is 301 g/mol. The summed E-state index contributed by atoms with van der Waals surface area (Å²) in [6, 6.07) is 12.7. The number of unbranched alkanes of at least 4 members (excludes halogenated alkanes) is 1. The summed E-state index contributed by atoms with van der Waals surface area (Å²) in [5.74, 6) is 1.01. The maximum absolute atomic E-state index is 6.00. The molecule has 2 rings (SSSR count). The molecule has 0 saturated carbocycles. The van der Waals surface area contributed by atoms with Gasteiger partial charge in [-0.15, -0.1) is 0 Å². The van der Waals surface area contributed by atoms with Crippen molar-refractivity contribution in [2.45, 2.75) is 32.7 Å². The quantitative estimate of drug-likeness (QED) is 0.669. The smallest absolute Gasteiger partial charge is 0.124 e. The highest BCUT2D eigenvalue weighted by Crippen LogP contribution is 2.28. The molecule has 0 heterocycles. The van der Waals surface area contributed by atoms with Crippen molar-refractivity contribution in [3.05, 3.63) is 42.0 Å². The number of ether oxygens (including phenoxy) is 2. The van der Waals surface area contributed by atoms with E-state index in [1.807, 2.05) is 0 Å². The summed E-state index contributed by atoms with van der Waals surface area (Å²) in [6.45, 7) is 5.54. The number of benzene rings is 2. The van der Waals surface area contributed by atoms with E-state index < -0.39 is 0 Å². The third-order valence-electron chi connectivity index (χ3n) is 3.76. The zero-order valence-electron chi connectivity index (χ0n) is 13.7. The van der Waals surface area contributed by atoms with E-state index in [1.165, 1.54) is 16.3 Å². The van der Waals surface area contributed by atoms with E-state index in [9.17, 15) is 0 Å². The van der Waals surface area contributed by atoms with Crippen molar-refractivity contribution >= 4 is 10.8 Å². The average Bonchev–Trinajstić information content (AvgIpc) is 2.56. The first-order chi connectivity index (χ1) is 10.9. The molecule has 0 aliphatic rings. The number of methoxy groups -OCH3 is 1. The Morgan fingerprint density at radius 1 is 1.00 bits per heavy atom. The highest BCUT2D eigenvalue weighted by Gasteiger charge is 2.08. The molecule has 0 bridgehead atoms. The first-order valence-corrected chi connectivity index (χ1v) is 8.20. The Labute approximate surface area is 133 Å². The highest BCUT2D eigenvalue weighted by atomic mass is 16.5. The molecule has 0 aliphatic heterocycles. The summed E-state index contributed by atoms with van der Waals surface area (Å²) in [4.78, 5) is 0. The predicted molar refractivity (Wildman–Crippen MR) is 92.6 cm³/mol. The van der Waals surface area contributed by atoms with Gasteiger partial charge in [0.25, 0.3) is 0 Å². The standard InChI is InChI=1S/C19H27NO2/c1-3-4-14-22-19-11-10-16-8-5-6-9-17(16)18(19)15-20-12-7-13-21-2/h5-6,8-11,20H,3-4,7,12-15H2,1-2H3. The molecule has 120 valence electrons. The summed E-state index contributed by atoms with van der Waals surface area (Å²) in [6.07, 6.45) is 3.26. The van der Waals surface area contributed by atoms with Gasteiger partial charge in [-0.2, -0.15) is 0 Å². The van der Waals surface area contributed by atoms with Crippen molar-refractivity contribution in [1.82, 2.24) is 5.32 Å². The molecule has 2 aromatic rings. The van der Waals surface area contributed by atoms with E-state index >= 15 is 0 Å². The second kappa shape index (κ2) is 9.44. The summed E-state index contributed by atoms with van der Waals surface area (Å²) in [5, 5.41) is 6.04. The molecule has 0 radical (unpaired) electrons. The number of fused-ring (bicyclic) bond motifs is 1. The van der Waals surface area contributed by atoms with Crippen molar-refractivity contribution in [2.24, 2.45) is 0 Å². The summed E-state index contributed by atoms with van der Waals surface area (Å²) >= 11 is 0. The van der Waals surface area contributed by atoms with Crippen molar-refractivity contribution in [3.63, 3.8) is 0 Å². The molecule has 0 spiro atoms. The lowest BCUT2D eigenvalue weighted by molar-refractivity contribution is 0.194. The fraction of sp³-hybridized carbons (Fsp3) is 0.474. The Balaban J connectivity index is 2.12. The normalized spacial score (nSPS) is 11.0. The molecule has 3 nitrogen and oxygen atoms in total. The van der Waals surface area contributed by atoms with Crippen molar-refractivity contribution in [1.29, 1.82) is 0 Å². The molecule has 3 heteroatoms. The fourth-order valence-corrected chi connectivity index (χ4v) is 2.51. The molecule has 0 saturated heterocycles. The maximum Gasteiger partial charge on any atom is 0.124 e. The molecule has 0 unspecified atom stereocenters. The average molecular weight is 301 g/mol. The molecule has 0 atom stereocenters. The Morgan fingerprint density at radius 3 is 2.68 bits per heavy atom. The van der Waals surface area contributed by atoms with Crippen LogP contribution in [-0.4, -0.2) is 26.9 Å². The zero-order chi connectivity index (χ0) is 15.6. The van der Waals surface area contributed by atoms with Gasteiger partial charge in [0.1, 0.15) is 5.75 Å². The van der Waals surface area contributed by atoms with E-state index in [0.29, 0.717) is 0 Å². The van der Waals surface area contributed by atoms with Crippen molar-refractivity contribution in [3.8, 4) is 5.75 Å². The van der Waals surface area contributed by atoms with Crippen LogP contribution in [0.4, 0.5) is 0 Å². The molecular formula is C19H27NO2. The van der Waals surface area contributed by atoms with E-state index in [4.69, 9.17) is 9.47 Å². The Morgan fingerprint density at radius 2 is 1.86 bits per heavy atom. The third-order valence-corrected chi connectivity index (χ3v) is 3.76. The van der Waals surface area contributed by atoms with Gasteiger partial charge in [0.05, 0.1) is 6.61 Å². The van der Waals surface area contributed by atoms with Crippen molar-refractivity contribution < 1.29 is 9.47 Å². The van der Waals surface area contributed by atoms with Gasteiger partial charge in [-0.05, 0) is 36.2 Å². The Bertz CT molecular complexity index is 568. The Kier molecular flexibility index (Phi) is 7.20. The first-order valence-electron chi connectivity index (χ1n) is 8.20. The largest absolute Gasteiger partial charge is 0.493 e. The zero-order valence-corrected chi connectivity index (χ0v) is 13.7. The highest BCUT2D eigenvalue weighted by molar-refractivity contribution is 5.87. The predicted octanol–water partition coefficient (Wildman–Crippen LogP) is 4.14. The van der Waals surface area contributed by atoms with Gasteiger partial charge < -0.3 is 14.8 Å². The van der Waals surface area contributed by atoms with Gasteiger partial charge in [-0.25, -0.2) is 0 Å². The molecule has 0 aromatic heterocycles. The molecule has 22 heavy (non-hydrogen) atoms. The molecular weight excluding hydrogens is 274 g/mol. The Hall–Kier alpha value is -1.58. The van der Waals surface area contributed by atoms with Crippen LogP contribution in [0.25, 0.3) is 10.8 Å². The number of rotatable bonds is 10. The van der Waals surface area contributed by atoms with Crippen LogP contribution in [0.15, 0.2) is 36.4 Å². The van der Waals surface area contributed by atoms with Crippen LogP contribution < -0.4 is 10.1 Å². The van der Waals surface area contributed by atoms with Crippen LogP contribution in [0.2, 0.25) is 0 Å². The van der Waals surface area contributed by atoms with Crippen LogP contribution >= 0.6 is 0 Å². The molecule has 1 N–H and O–H groups in total. The molecule has 0 aliphatic carbocycles. The van der Waals surface area contributed by atoms with Gasteiger partial charge in [-0.3, -0.25) is 0 Å².